The Bertz CT molecular complexity index is 587. The zero-order valence-corrected chi connectivity index (χ0v) is 14.6. The van der Waals surface area contributed by atoms with Gasteiger partial charge >= 0.3 is 6.03 Å². The van der Waals surface area contributed by atoms with E-state index in [2.05, 4.69) is 5.32 Å². The number of rotatable bonds is 3. The van der Waals surface area contributed by atoms with Crippen molar-refractivity contribution in [2.24, 2.45) is 0 Å². The van der Waals surface area contributed by atoms with Crippen molar-refractivity contribution in [3.05, 3.63) is 23.8 Å². The molecule has 2 aliphatic rings. The molecule has 2 amide bonds. The largest absolute Gasteiger partial charge is 0.491 e. The van der Waals surface area contributed by atoms with Crippen LogP contribution in [0.25, 0.3) is 0 Å². The lowest BCUT2D eigenvalue weighted by Gasteiger charge is -2.37. The van der Waals surface area contributed by atoms with Crippen LogP contribution in [0.3, 0.4) is 0 Å². The van der Waals surface area contributed by atoms with Gasteiger partial charge in [-0.05, 0) is 32.4 Å². The van der Waals surface area contributed by atoms with E-state index in [1.54, 1.807) is 4.90 Å². The van der Waals surface area contributed by atoms with E-state index in [1.807, 2.05) is 39.0 Å². The Morgan fingerprint density at radius 2 is 1.92 bits per heavy atom. The Balaban J connectivity index is 1.59. The molecule has 6 heteroatoms. The molecule has 0 bridgehead atoms. The first-order valence-corrected chi connectivity index (χ1v) is 8.59. The molecule has 2 aliphatic heterocycles. The van der Waals surface area contributed by atoms with Crippen LogP contribution in [0.1, 0.15) is 32.3 Å². The number of hydrogen-bond donors (Lipinski definition) is 1. The van der Waals surface area contributed by atoms with Crippen molar-refractivity contribution in [1.29, 1.82) is 0 Å². The average Bonchev–Trinajstić information content (AvgIpc) is 2.99. The molecule has 132 valence electrons. The molecular weight excluding hydrogens is 308 g/mol. The van der Waals surface area contributed by atoms with E-state index < -0.39 is 5.79 Å². The minimum Gasteiger partial charge on any atom is -0.491 e. The second-order valence-electron chi connectivity index (χ2n) is 6.67. The summed E-state index contributed by atoms with van der Waals surface area (Å²) in [5.74, 6) is 0.340. The Morgan fingerprint density at radius 1 is 1.25 bits per heavy atom. The van der Waals surface area contributed by atoms with E-state index in [9.17, 15) is 4.79 Å². The molecule has 24 heavy (non-hydrogen) atoms. The van der Waals surface area contributed by atoms with Crippen LogP contribution in [-0.4, -0.2) is 49.1 Å². The zero-order chi connectivity index (χ0) is 17.2. The molecular formula is C18H26N2O4. The smallest absolute Gasteiger partial charge is 0.321 e. The van der Waals surface area contributed by atoms with Crippen LogP contribution in [0.2, 0.25) is 0 Å². The molecule has 1 aromatic carbocycles. The molecule has 0 radical (unpaired) electrons. The van der Waals surface area contributed by atoms with Crippen LogP contribution < -0.4 is 10.1 Å². The van der Waals surface area contributed by atoms with Gasteiger partial charge in [0, 0.05) is 37.7 Å². The van der Waals surface area contributed by atoms with Crippen LogP contribution in [0.4, 0.5) is 10.5 Å². The van der Waals surface area contributed by atoms with E-state index in [1.165, 1.54) is 0 Å². The summed E-state index contributed by atoms with van der Waals surface area (Å²) in [5, 5.41) is 2.96. The minimum absolute atomic E-state index is 0.0952. The lowest BCUT2D eigenvalue weighted by Crippen LogP contribution is -2.48. The molecule has 0 saturated carbocycles. The van der Waals surface area contributed by atoms with Crippen molar-refractivity contribution in [1.82, 2.24) is 4.90 Å². The molecule has 2 saturated heterocycles. The number of carbonyl (C=O) groups excluding carboxylic acids is 1. The van der Waals surface area contributed by atoms with Gasteiger partial charge in [0.25, 0.3) is 0 Å². The summed E-state index contributed by atoms with van der Waals surface area (Å²) in [7, 11) is 0. The maximum Gasteiger partial charge on any atom is 0.321 e. The molecule has 0 aliphatic carbocycles. The standard InChI is InChI=1S/C18H26N2O4/c1-13(2)24-16-12-15(5-4-14(16)3)19-17(21)20-8-6-18(7-9-20)22-10-11-23-18/h4-5,12-13H,6-11H2,1-3H3,(H,19,21). The van der Waals surface area contributed by atoms with Crippen LogP contribution in [0.15, 0.2) is 18.2 Å². The summed E-state index contributed by atoms with van der Waals surface area (Å²) < 4.78 is 17.2. The predicted octanol–water partition coefficient (Wildman–Crippen LogP) is 3.15. The van der Waals surface area contributed by atoms with E-state index in [4.69, 9.17) is 14.2 Å². The Kier molecular flexibility index (Phi) is 4.96. The van der Waals surface area contributed by atoms with Gasteiger partial charge in [-0.2, -0.15) is 0 Å². The number of likely N-dealkylation sites (tertiary alicyclic amines) is 1. The third-order valence-corrected chi connectivity index (χ3v) is 4.43. The molecule has 0 aromatic heterocycles. The third kappa shape index (κ3) is 3.82. The monoisotopic (exact) mass is 334 g/mol. The lowest BCUT2D eigenvalue weighted by molar-refractivity contribution is -0.181. The molecule has 1 aromatic rings. The Morgan fingerprint density at radius 3 is 2.54 bits per heavy atom. The maximum atomic E-state index is 12.5. The van der Waals surface area contributed by atoms with Crippen molar-refractivity contribution in [3.8, 4) is 5.75 Å². The highest BCUT2D eigenvalue weighted by atomic mass is 16.7. The highest BCUT2D eigenvalue weighted by Crippen LogP contribution is 2.31. The summed E-state index contributed by atoms with van der Waals surface area (Å²) in [5.41, 5.74) is 1.80. The van der Waals surface area contributed by atoms with E-state index in [0.29, 0.717) is 26.3 Å². The molecule has 2 heterocycles. The number of piperidine rings is 1. The van der Waals surface area contributed by atoms with Crippen LogP contribution in [0.5, 0.6) is 5.75 Å². The molecule has 1 spiro atoms. The van der Waals surface area contributed by atoms with E-state index >= 15 is 0 Å². The first-order valence-electron chi connectivity index (χ1n) is 8.59. The Hall–Kier alpha value is -1.79. The van der Waals surface area contributed by atoms with E-state index in [0.717, 1.165) is 29.8 Å². The summed E-state index contributed by atoms with van der Waals surface area (Å²) in [6, 6.07) is 5.64. The first kappa shape index (κ1) is 17.0. The number of nitrogens with one attached hydrogen (secondary N) is 1. The van der Waals surface area contributed by atoms with Crippen LogP contribution in [-0.2, 0) is 9.47 Å². The fraction of sp³-hybridized carbons (Fsp3) is 0.611. The van der Waals surface area contributed by atoms with Crippen molar-refractivity contribution in [3.63, 3.8) is 0 Å². The quantitative estimate of drug-likeness (QED) is 0.922. The van der Waals surface area contributed by atoms with Gasteiger partial charge in [-0.1, -0.05) is 6.07 Å². The highest BCUT2D eigenvalue weighted by Gasteiger charge is 2.40. The van der Waals surface area contributed by atoms with Gasteiger partial charge in [-0.3, -0.25) is 0 Å². The lowest BCUT2D eigenvalue weighted by atomic mass is 10.0. The SMILES string of the molecule is Cc1ccc(NC(=O)N2CCC3(CC2)OCCO3)cc1OC(C)C. The Labute approximate surface area is 143 Å². The van der Waals surface area contributed by atoms with Crippen molar-refractivity contribution < 1.29 is 19.0 Å². The fourth-order valence-corrected chi connectivity index (χ4v) is 3.10. The van der Waals surface area contributed by atoms with Gasteiger partial charge in [-0.25, -0.2) is 4.79 Å². The van der Waals surface area contributed by atoms with Crippen molar-refractivity contribution >= 4 is 11.7 Å². The summed E-state index contributed by atoms with van der Waals surface area (Å²) in [6.45, 7) is 8.53. The van der Waals surface area contributed by atoms with Gasteiger partial charge < -0.3 is 24.4 Å². The number of anilines is 1. The maximum absolute atomic E-state index is 12.5. The first-order chi connectivity index (χ1) is 11.5. The number of aryl methyl sites for hydroxylation is 1. The fourth-order valence-electron chi connectivity index (χ4n) is 3.10. The van der Waals surface area contributed by atoms with Crippen molar-refractivity contribution in [2.45, 2.75) is 45.5 Å². The molecule has 2 fully saturated rings. The zero-order valence-electron chi connectivity index (χ0n) is 14.6. The molecule has 0 unspecified atom stereocenters. The van der Waals surface area contributed by atoms with Gasteiger partial charge in [0.2, 0.25) is 0 Å². The highest BCUT2D eigenvalue weighted by molar-refractivity contribution is 5.89. The number of amides is 2. The average molecular weight is 334 g/mol. The number of carbonyl (C=O) groups is 1. The molecule has 3 rings (SSSR count). The number of hydrogen-bond acceptors (Lipinski definition) is 4. The summed E-state index contributed by atoms with van der Waals surface area (Å²) >= 11 is 0. The number of ether oxygens (including phenoxy) is 3. The van der Waals surface area contributed by atoms with Crippen LogP contribution in [0, 0.1) is 6.92 Å². The normalized spacial score (nSPS) is 19.8. The van der Waals surface area contributed by atoms with Crippen molar-refractivity contribution in [2.75, 3.05) is 31.6 Å². The van der Waals surface area contributed by atoms with Gasteiger partial charge in [0.05, 0.1) is 19.3 Å². The number of urea groups is 1. The second-order valence-corrected chi connectivity index (χ2v) is 6.67. The number of nitrogens with zero attached hydrogens (tertiary/aromatic N) is 1. The third-order valence-electron chi connectivity index (χ3n) is 4.43. The summed E-state index contributed by atoms with van der Waals surface area (Å²) in [6.07, 6.45) is 1.53. The molecule has 0 atom stereocenters. The molecule has 1 N–H and O–H groups in total. The van der Waals surface area contributed by atoms with Gasteiger partial charge in [0.15, 0.2) is 5.79 Å². The minimum atomic E-state index is -0.459. The van der Waals surface area contributed by atoms with Gasteiger partial charge in [-0.15, -0.1) is 0 Å². The van der Waals surface area contributed by atoms with E-state index in [-0.39, 0.29) is 12.1 Å². The molecule has 6 nitrogen and oxygen atoms in total. The topological polar surface area (TPSA) is 60.0 Å². The predicted molar refractivity (Wildman–Crippen MR) is 91.4 cm³/mol. The second kappa shape index (κ2) is 6.99. The summed E-state index contributed by atoms with van der Waals surface area (Å²) in [4.78, 5) is 14.3. The number of benzene rings is 1. The van der Waals surface area contributed by atoms with Crippen LogP contribution >= 0.6 is 0 Å². The van der Waals surface area contributed by atoms with Gasteiger partial charge in [0.1, 0.15) is 5.75 Å².